The number of hydrogen-bond donors (Lipinski definition) is 7. The molecule has 5 fully saturated rings. The van der Waals surface area contributed by atoms with Crippen molar-refractivity contribution in [3.8, 4) is 0 Å². The first-order chi connectivity index (χ1) is 18.6. The summed E-state index contributed by atoms with van der Waals surface area (Å²) < 4.78 is 0. The fraction of sp³-hybridized carbons (Fsp3) is 0.968. The first-order valence-electron chi connectivity index (χ1n) is 16.1. The summed E-state index contributed by atoms with van der Waals surface area (Å²) in [5, 5.41) is 75.0. The van der Waals surface area contributed by atoms with E-state index in [2.05, 4.69) is 12.2 Å². The predicted octanol–water partition coefficient (Wildman–Crippen LogP) is 2.98. The van der Waals surface area contributed by atoms with E-state index in [0.717, 1.165) is 32.1 Å². The maximum atomic E-state index is 13.7. The van der Waals surface area contributed by atoms with Crippen molar-refractivity contribution in [1.29, 1.82) is 0 Å². The van der Waals surface area contributed by atoms with Crippen LogP contribution in [0.25, 0.3) is 0 Å². The van der Waals surface area contributed by atoms with E-state index in [4.69, 9.17) is 0 Å². The normalized spacial score (nSPS) is 43.1. The van der Waals surface area contributed by atoms with Crippen LogP contribution in [0, 0.1) is 10.8 Å². The molecule has 0 aromatic carbocycles. The van der Waals surface area contributed by atoms with Gasteiger partial charge in [-0.3, -0.25) is 4.79 Å². The zero-order chi connectivity index (χ0) is 28.2. The summed E-state index contributed by atoms with van der Waals surface area (Å²) in [4.78, 5) is 13.7. The van der Waals surface area contributed by atoms with E-state index in [1.807, 2.05) is 0 Å². The van der Waals surface area contributed by atoms with E-state index in [0.29, 0.717) is 57.8 Å². The highest BCUT2D eigenvalue weighted by Crippen LogP contribution is 2.93. The second-order valence-electron chi connectivity index (χ2n) is 13.8. The van der Waals surface area contributed by atoms with Crippen molar-refractivity contribution in [1.82, 2.24) is 5.32 Å². The molecule has 0 radical (unpaired) electrons. The zero-order valence-electron chi connectivity index (χ0n) is 24.0. The van der Waals surface area contributed by atoms with Crippen LogP contribution in [-0.2, 0) is 4.79 Å². The Hall–Kier alpha value is -0.770. The SMILES string of the molecule is CCCCCCCCCCCCNC(=O)[C@]1(O)[C@H](O)[C@]2(O)C3(CCCCC3)[C@]2(O)[C@]2(O)C3(CCCCC3)[C@]21O. The Morgan fingerprint density at radius 2 is 1.10 bits per heavy atom. The average molecular weight is 552 g/mol. The molecule has 5 aliphatic rings. The third kappa shape index (κ3) is 3.31. The van der Waals surface area contributed by atoms with Crippen LogP contribution in [0.2, 0.25) is 0 Å². The van der Waals surface area contributed by atoms with E-state index in [9.17, 15) is 35.4 Å². The van der Waals surface area contributed by atoms with Gasteiger partial charge >= 0.3 is 0 Å². The molecule has 0 aliphatic heterocycles. The topological polar surface area (TPSA) is 150 Å². The van der Waals surface area contributed by atoms with Crippen LogP contribution in [0.5, 0.6) is 0 Å². The van der Waals surface area contributed by atoms with Gasteiger partial charge in [-0.1, -0.05) is 103 Å². The van der Waals surface area contributed by atoms with Gasteiger partial charge in [0.05, 0.1) is 0 Å². The number of rotatable bonds is 12. The lowest BCUT2D eigenvalue weighted by Crippen LogP contribution is -2.75. The number of carbonyl (C=O) groups excluding carboxylic acids is 1. The minimum Gasteiger partial charge on any atom is -0.386 e. The number of nitrogens with one attached hydrogen (secondary N) is 1. The van der Waals surface area contributed by atoms with Crippen molar-refractivity contribution in [2.45, 2.75) is 169 Å². The fourth-order valence-electron chi connectivity index (χ4n) is 10.2. The molecule has 7 N–H and O–H groups in total. The third-order valence-corrected chi connectivity index (χ3v) is 12.2. The Balaban J connectivity index is 1.29. The maximum Gasteiger partial charge on any atom is 0.258 e. The van der Waals surface area contributed by atoms with E-state index in [1.165, 1.54) is 38.5 Å². The van der Waals surface area contributed by atoms with Crippen LogP contribution in [-0.4, -0.2) is 77.2 Å². The van der Waals surface area contributed by atoms with Gasteiger partial charge in [0.2, 0.25) is 5.60 Å². The Bertz CT molecular complexity index is 917. The minimum atomic E-state index is -2.83. The van der Waals surface area contributed by atoms with Crippen LogP contribution >= 0.6 is 0 Å². The molecule has 2 spiro atoms. The van der Waals surface area contributed by atoms with Crippen molar-refractivity contribution in [2.75, 3.05) is 6.54 Å². The number of fused-ring (bicyclic) bond motifs is 7. The molecule has 0 bridgehead atoms. The van der Waals surface area contributed by atoms with E-state index in [1.54, 1.807) is 0 Å². The van der Waals surface area contributed by atoms with Gasteiger partial charge in [0.1, 0.15) is 28.5 Å². The standard InChI is InChI=1S/C31H53NO7/c1-2-3-4-5-6-7-8-9-10-17-22-32-24(34)27(35)23(33)28(36)25(18-13-11-14-19-25)30(28,38)31(39)26(29(27,31)37)20-15-12-16-21-26/h23,33,35-39H,2-22H2,1H3,(H,32,34)/t23-,27+,28-,29+,30+,31-/m0/s1. The number of aliphatic hydroxyl groups excluding tert-OH is 1. The monoisotopic (exact) mass is 551 g/mol. The number of hydrogen-bond acceptors (Lipinski definition) is 7. The van der Waals surface area contributed by atoms with E-state index in [-0.39, 0.29) is 6.54 Å². The van der Waals surface area contributed by atoms with E-state index >= 15 is 0 Å². The van der Waals surface area contributed by atoms with Crippen molar-refractivity contribution >= 4 is 5.91 Å². The molecule has 224 valence electrons. The summed E-state index contributed by atoms with van der Waals surface area (Å²) in [5.74, 6) is -0.970. The lowest BCUT2D eigenvalue weighted by molar-refractivity contribution is -0.260. The maximum absolute atomic E-state index is 13.7. The molecule has 39 heavy (non-hydrogen) atoms. The predicted molar refractivity (Wildman–Crippen MR) is 147 cm³/mol. The van der Waals surface area contributed by atoms with Crippen molar-refractivity contribution in [2.24, 2.45) is 10.8 Å². The third-order valence-electron chi connectivity index (χ3n) is 12.2. The van der Waals surface area contributed by atoms with Crippen molar-refractivity contribution in [3.63, 3.8) is 0 Å². The first-order valence-corrected chi connectivity index (χ1v) is 16.1. The summed E-state index contributed by atoms with van der Waals surface area (Å²) in [6.07, 6.45) is 15.1. The lowest BCUT2D eigenvalue weighted by Gasteiger charge is -2.45. The Labute approximate surface area is 233 Å². The fourth-order valence-corrected chi connectivity index (χ4v) is 10.2. The highest BCUT2D eigenvalue weighted by molar-refractivity contribution is 5.92. The number of amides is 1. The summed E-state index contributed by atoms with van der Waals surface area (Å²) >= 11 is 0. The summed E-state index contributed by atoms with van der Waals surface area (Å²) in [6.45, 7) is 2.48. The number of unbranched alkanes of at least 4 members (excludes halogenated alkanes) is 9. The van der Waals surface area contributed by atoms with Gasteiger partial charge in [0.25, 0.3) is 5.91 Å². The largest absolute Gasteiger partial charge is 0.386 e. The Morgan fingerprint density at radius 3 is 1.62 bits per heavy atom. The molecule has 1 amide bonds. The summed E-state index contributed by atoms with van der Waals surface area (Å²) in [5.41, 5.74) is -14.6. The van der Waals surface area contributed by atoms with Crippen LogP contribution in [0.4, 0.5) is 0 Å². The number of aliphatic hydroxyl groups is 6. The van der Waals surface area contributed by atoms with E-state index < -0.39 is 50.8 Å². The Kier molecular flexibility index (Phi) is 7.77. The molecular weight excluding hydrogens is 498 g/mol. The molecule has 8 heteroatoms. The molecule has 0 aromatic heterocycles. The van der Waals surface area contributed by atoms with Crippen LogP contribution in [0.15, 0.2) is 0 Å². The van der Waals surface area contributed by atoms with Gasteiger partial charge in [0, 0.05) is 17.4 Å². The second kappa shape index (κ2) is 10.2. The molecule has 5 rings (SSSR count). The molecule has 8 nitrogen and oxygen atoms in total. The quantitative estimate of drug-likeness (QED) is 0.184. The van der Waals surface area contributed by atoms with Gasteiger partial charge < -0.3 is 36.0 Å². The summed E-state index contributed by atoms with van der Waals surface area (Å²) in [6, 6.07) is 0. The first kappa shape index (κ1) is 29.7. The molecule has 5 saturated carbocycles. The molecule has 0 saturated heterocycles. The highest BCUT2D eigenvalue weighted by atomic mass is 16.5. The molecule has 6 atom stereocenters. The summed E-state index contributed by atoms with van der Waals surface area (Å²) in [7, 11) is 0. The smallest absolute Gasteiger partial charge is 0.258 e. The van der Waals surface area contributed by atoms with Gasteiger partial charge in [-0.05, 0) is 32.1 Å². The zero-order valence-corrected chi connectivity index (χ0v) is 24.0. The molecule has 0 unspecified atom stereocenters. The molecule has 0 heterocycles. The minimum absolute atomic E-state index is 0.264. The van der Waals surface area contributed by atoms with Gasteiger partial charge in [-0.15, -0.1) is 0 Å². The van der Waals surface area contributed by atoms with Crippen LogP contribution in [0.1, 0.15) is 135 Å². The lowest BCUT2D eigenvalue weighted by atomic mass is 9.71. The van der Waals surface area contributed by atoms with Crippen molar-refractivity contribution < 1.29 is 35.4 Å². The highest BCUT2D eigenvalue weighted by Gasteiger charge is 3.14. The molecular formula is C31H53NO7. The van der Waals surface area contributed by atoms with Gasteiger partial charge in [-0.25, -0.2) is 0 Å². The van der Waals surface area contributed by atoms with Gasteiger partial charge in [-0.2, -0.15) is 0 Å². The van der Waals surface area contributed by atoms with Crippen LogP contribution < -0.4 is 5.32 Å². The molecule has 0 aromatic rings. The van der Waals surface area contributed by atoms with Crippen LogP contribution in [0.3, 0.4) is 0 Å². The second-order valence-corrected chi connectivity index (χ2v) is 13.8. The Morgan fingerprint density at radius 1 is 0.641 bits per heavy atom. The average Bonchev–Trinajstić information content (AvgIpc) is 3.58. The van der Waals surface area contributed by atoms with Gasteiger partial charge in [0.15, 0.2) is 0 Å². The molecule has 5 aliphatic carbocycles. The number of carbonyl (C=O) groups is 1. The van der Waals surface area contributed by atoms with Crippen molar-refractivity contribution in [3.05, 3.63) is 0 Å².